The predicted molar refractivity (Wildman–Crippen MR) is 182 cm³/mol. The Hall–Kier alpha value is -3.86. The van der Waals surface area contributed by atoms with Crippen LogP contribution in [0.5, 0.6) is 0 Å². The third kappa shape index (κ3) is 4.73. The number of rotatable bonds is 4. The first-order chi connectivity index (χ1) is 21.2. The minimum atomic E-state index is -0.469. The van der Waals surface area contributed by atoms with Gasteiger partial charge in [0, 0.05) is 16.5 Å². The molecule has 0 N–H and O–H groups in total. The van der Waals surface area contributed by atoms with Gasteiger partial charge in [-0.05, 0) is 108 Å². The number of nitriles is 1. The Morgan fingerprint density at radius 3 is 1.47 bits per heavy atom. The monoisotopic (exact) mass is 596 g/mol. The van der Waals surface area contributed by atoms with E-state index in [1.54, 1.807) is 0 Å². The summed E-state index contributed by atoms with van der Waals surface area (Å²) in [5.74, 6) is 0. The van der Waals surface area contributed by atoms with Crippen LogP contribution in [0.25, 0.3) is 38.6 Å². The summed E-state index contributed by atoms with van der Waals surface area (Å²) in [6, 6.07) is 31.3. The number of hydrogen-bond donors (Lipinski definition) is 0. The average Bonchev–Trinajstić information content (AvgIpc) is 3.53. The Morgan fingerprint density at radius 1 is 0.578 bits per heavy atom. The van der Waals surface area contributed by atoms with Crippen LogP contribution >= 0.6 is 0 Å². The minimum absolute atomic E-state index is 0.434. The van der Waals surface area contributed by atoms with Crippen molar-refractivity contribution in [3.05, 3.63) is 90.5 Å². The quantitative estimate of drug-likeness (QED) is 0.211. The van der Waals surface area contributed by atoms with Crippen LogP contribution in [0, 0.1) is 11.3 Å². The number of hydrogen-bond acceptors (Lipinski definition) is 5. The second-order valence-corrected chi connectivity index (χ2v) is 14.3. The third-order valence-corrected chi connectivity index (χ3v) is 10.3. The van der Waals surface area contributed by atoms with Gasteiger partial charge in [-0.2, -0.15) is 5.26 Å². The molecule has 5 aromatic rings. The van der Waals surface area contributed by atoms with Gasteiger partial charge in [0.05, 0.1) is 45.1 Å². The Bertz CT molecular complexity index is 1880. The molecule has 7 rings (SSSR count). The molecule has 4 aromatic carbocycles. The Morgan fingerprint density at radius 2 is 1.02 bits per heavy atom. The van der Waals surface area contributed by atoms with Gasteiger partial charge < -0.3 is 23.2 Å². The van der Waals surface area contributed by atoms with Gasteiger partial charge in [0.25, 0.3) is 0 Å². The first kappa shape index (κ1) is 29.8. The summed E-state index contributed by atoms with van der Waals surface area (Å²) in [7, 11) is -0.938. The molecule has 2 fully saturated rings. The zero-order valence-electron chi connectivity index (χ0n) is 27.3. The molecule has 2 aliphatic rings. The minimum Gasteiger partial charge on any atom is -0.399 e. The Kier molecular flexibility index (Phi) is 6.68. The van der Waals surface area contributed by atoms with Gasteiger partial charge in [-0.3, -0.25) is 0 Å². The second kappa shape index (κ2) is 10.1. The third-order valence-electron chi connectivity index (χ3n) is 10.3. The highest BCUT2D eigenvalue weighted by atomic mass is 16.7. The molecular formula is C37H38B2N2O4. The molecule has 8 heteroatoms. The number of benzene rings is 4. The van der Waals surface area contributed by atoms with Crippen LogP contribution in [0.2, 0.25) is 0 Å². The van der Waals surface area contributed by atoms with Crippen molar-refractivity contribution < 1.29 is 18.6 Å². The van der Waals surface area contributed by atoms with E-state index in [0.29, 0.717) is 5.56 Å². The van der Waals surface area contributed by atoms with Crippen molar-refractivity contribution >= 4 is 47.0 Å². The van der Waals surface area contributed by atoms with E-state index in [4.69, 9.17) is 18.6 Å². The van der Waals surface area contributed by atoms with Crippen molar-refractivity contribution in [1.82, 2.24) is 4.57 Å². The largest absolute Gasteiger partial charge is 0.494 e. The standard InChI is InChI=1S/C37H38B2N2O4/c1-34(2)35(3,4)43-38(42-34)26-15-19-32-30(21-26)31-22-27(39-44-36(5,6)37(7,8)45-39)16-20-33(31)41(32)28-17-13-24(14-18-28)29-12-10-9-11-25(29)23-40/h9-22H,1-8H3. The smallest absolute Gasteiger partial charge is 0.399 e. The van der Waals surface area contributed by atoms with E-state index in [2.05, 4.69) is 127 Å². The topological polar surface area (TPSA) is 65.6 Å². The van der Waals surface area contributed by atoms with Gasteiger partial charge >= 0.3 is 14.2 Å². The predicted octanol–water partition coefficient (Wildman–Crippen LogP) is 6.92. The molecule has 0 bridgehead atoms. The SMILES string of the molecule is CC1(C)OB(c2ccc3c(c2)c2cc(B4OC(C)(C)C(C)(C)O4)ccc2n3-c2ccc(-c3ccccc3C#N)cc2)OC1(C)C. The molecule has 0 amide bonds. The fraction of sp³-hybridized carbons (Fsp3) is 0.324. The lowest BCUT2D eigenvalue weighted by molar-refractivity contribution is 0.00578. The van der Waals surface area contributed by atoms with Crippen LogP contribution < -0.4 is 10.9 Å². The van der Waals surface area contributed by atoms with Crippen LogP contribution in [0.15, 0.2) is 84.9 Å². The first-order valence-corrected chi connectivity index (χ1v) is 15.6. The summed E-state index contributed by atoms with van der Waals surface area (Å²) in [6.07, 6.45) is 0. The highest BCUT2D eigenvalue weighted by Gasteiger charge is 2.53. The van der Waals surface area contributed by atoms with Crippen LogP contribution in [0.3, 0.4) is 0 Å². The summed E-state index contributed by atoms with van der Waals surface area (Å²) in [4.78, 5) is 0. The van der Waals surface area contributed by atoms with E-state index in [9.17, 15) is 5.26 Å². The van der Waals surface area contributed by atoms with Crippen molar-refractivity contribution in [2.45, 2.75) is 77.8 Å². The van der Waals surface area contributed by atoms with E-state index < -0.39 is 36.6 Å². The van der Waals surface area contributed by atoms with Crippen molar-refractivity contribution in [2.75, 3.05) is 0 Å². The molecule has 0 aliphatic carbocycles. The molecular weight excluding hydrogens is 558 g/mol. The van der Waals surface area contributed by atoms with Gasteiger partial charge in [-0.25, -0.2) is 0 Å². The van der Waals surface area contributed by atoms with Crippen molar-refractivity contribution in [3.8, 4) is 22.9 Å². The van der Waals surface area contributed by atoms with E-state index in [0.717, 1.165) is 49.5 Å². The van der Waals surface area contributed by atoms with Crippen LogP contribution in [0.4, 0.5) is 0 Å². The number of nitrogens with zero attached hydrogens (tertiary/aromatic N) is 2. The number of fused-ring (bicyclic) bond motifs is 3. The summed E-state index contributed by atoms with van der Waals surface area (Å²) >= 11 is 0. The average molecular weight is 596 g/mol. The maximum Gasteiger partial charge on any atom is 0.494 e. The molecule has 6 nitrogen and oxygen atoms in total. The van der Waals surface area contributed by atoms with Crippen LogP contribution in [-0.2, 0) is 18.6 Å². The van der Waals surface area contributed by atoms with Crippen molar-refractivity contribution in [3.63, 3.8) is 0 Å². The molecule has 0 saturated carbocycles. The van der Waals surface area contributed by atoms with Gasteiger partial charge in [-0.1, -0.05) is 54.6 Å². The van der Waals surface area contributed by atoms with Gasteiger partial charge in [-0.15, -0.1) is 0 Å². The second-order valence-electron chi connectivity index (χ2n) is 14.3. The molecule has 2 aliphatic heterocycles. The van der Waals surface area contributed by atoms with E-state index in [1.165, 1.54) is 0 Å². The molecule has 0 atom stereocenters. The molecule has 1 aromatic heterocycles. The lowest BCUT2D eigenvalue weighted by Crippen LogP contribution is -2.41. The molecule has 45 heavy (non-hydrogen) atoms. The van der Waals surface area contributed by atoms with E-state index in [1.807, 2.05) is 24.3 Å². The summed E-state index contributed by atoms with van der Waals surface area (Å²) < 4.78 is 28.0. The van der Waals surface area contributed by atoms with Crippen LogP contribution in [0.1, 0.15) is 61.0 Å². The van der Waals surface area contributed by atoms with Gasteiger partial charge in [0.2, 0.25) is 0 Å². The molecule has 226 valence electrons. The maximum absolute atomic E-state index is 9.65. The zero-order chi connectivity index (χ0) is 31.9. The summed E-state index contributed by atoms with van der Waals surface area (Å²) in [6.45, 7) is 16.6. The zero-order valence-corrected chi connectivity index (χ0v) is 27.3. The van der Waals surface area contributed by atoms with Gasteiger partial charge in [0.1, 0.15) is 0 Å². The molecule has 0 spiro atoms. The van der Waals surface area contributed by atoms with Gasteiger partial charge in [0.15, 0.2) is 0 Å². The molecule has 0 unspecified atom stereocenters. The van der Waals surface area contributed by atoms with E-state index in [-0.39, 0.29) is 0 Å². The van der Waals surface area contributed by atoms with E-state index >= 15 is 0 Å². The number of aromatic nitrogens is 1. The molecule has 2 saturated heterocycles. The normalized spacial score (nSPS) is 19.8. The van der Waals surface area contributed by atoms with Crippen molar-refractivity contribution in [2.24, 2.45) is 0 Å². The summed E-state index contributed by atoms with van der Waals surface area (Å²) in [5.41, 5.74) is 5.97. The van der Waals surface area contributed by atoms with Crippen molar-refractivity contribution in [1.29, 1.82) is 5.26 Å². The lowest BCUT2D eigenvalue weighted by Gasteiger charge is -2.32. The highest BCUT2D eigenvalue weighted by Crippen LogP contribution is 2.39. The fourth-order valence-electron chi connectivity index (χ4n) is 6.21. The summed E-state index contributed by atoms with van der Waals surface area (Å²) in [5, 5.41) is 11.8. The molecule has 0 radical (unpaired) electrons. The first-order valence-electron chi connectivity index (χ1n) is 15.6. The fourth-order valence-corrected chi connectivity index (χ4v) is 6.21. The lowest BCUT2D eigenvalue weighted by atomic mass is 9.77. The Labute approximate surface area is 266 Å². The maximum atomic E-state index is 9.65. The highest BCUT2D eigenvalue weighted by molar-refractivity contribution is 6.63. The Balaban J connectivity index is 1.38. The molecule has 3 heterocycles. The van der Waals surface area contributed by atoms with Crippen LogP contribution in [-0.4, -0.2) is 41.2 Å².